The van der Waals surface area contributed by atoms with Gasteiger partial charge >= 0.3 is 0 Å². The third-order valence-electron chi connectivity index (χ3n) is 5.34. The molecule has 4 aromatic rings. The van der Waals surface area contributed by atoms with Crippen molar-refractivity contribution in [3.63, 3.8) is 0 Å². The number of carbonyl (C=O) groups is 1. The van der Waals surface area contributed by atoms with Gasteiger partial charge in [0.15, 0.2) is 0 Å². The lowest BCUT2D eigenvalue weighted by atomic mass is 10.1. The van der Waals surface area contributed by atoms with Crippen LogP contribution >= 0.6 is 0 Å². The van der Waals surface area contributed by atoms with E-state index in [9.17, 15) is 4.79 Å². The van der Waals surface area contributed by atoms with Crippen LogP contribution in [-0.4, -0.2) is 68.7 Å². The Balaban J connectivity index is 1.31. The Labute approximate surface area is 194 Å². The van der Waals surface area contributed by atoms with Crippen molar-refractivity contribution in [2.75, 3.05) is 43.4 Å². The molecule has 0 unspecified atom stereocenters. The van der Waals surface area contributed by atoms with Gasteiger partial charge in [-0.15, -0.1) is 0 Å². The van der Waals surface area contributed by atoms with Crippen molar-refractivity contribution in [1.82, 2.24) is 29.6 Å². The molecule has 0 aliphatic carbocycles. The zero-order chi connectivity index (χ0) is 27.1. The van der Waals surface area contributed by atoms with Gasteiger partial charge in [0.1, 0.15) is 5.82 Å². The quantitative estimate of drug-likeness (QED) is 0.527. The molecule has 4 heterocycles. The number of amides is 1. The highest BCUT2D eigenvalue weighted by Gasteiger charge is 2.17. The number of benzene rings is 1. The molecule has 9 heteroatoms. The van der Waals surface area contributed by atoms with Gasteiger partial charge in [-0.3, -0.25) is 14.8 Å². The van der Waals surface area contributed by atoms with Gasteiger partial charge in [-0.25, -0.2) is 15.0 Å². The maximum atomic E-state index is 13.0. The fourth-order valence-corrected chi connectivity index (χ4v) is 3.58. The molecular formula is C23H24N8O. The number of piperazine rings is 1. The fourth-order valence-electron chi connectivity index (χ4n) is 3.58. The van der Waals surface area contributed by atoms with Gasteiger partial charge in [-0.1, -0.05) is 12.1 Å². The maximum absolute atomic E-state index is 13.0. The van der Waals surface area contributed by atoms with Gasteiger partial charge < -0.3 is 9.80 Å². The van der Waals surface area contributed by atoms with Gasteiger partial charge in [-0.05, 0) is 30.7 Å². The largest absolute Gasteiger partial charge is 0.354 e. The highest BCUT2D eigenvalue weighted by atomic mass is 16.1. The molecule has 32 heavy (non-hydrogen) atoms. The van der Waals surface area contributed by atoms with Gasteiger partial charge in [0.2, 0.25) is 5.95 Å². The van der Waals surface area contributed by atoms with E-state index < -0.39 is 19.9 Å². The molecule has 9 nitrogen and oxygen atoms in total. The van der Waals surface area contributed by atoms with Crippen molar-refractivity contribution < 1.29 is 13.0 Å². The molecule has 0 bridgehead atoms. The molecular weight excluding hydrogens is 404 g/mol. The summed E-state index contributed by atoms with van der Waals surface area (Å²) in [6, 6.07) is 8.64. The van der Waals surface area contributed by atoms with Crippen molar-refractivity contribution in [3.05, 3.63) is 60.7 Å². The van der Waals surface area contributed by atoms with Gasteiger partial charge in [-0.2, -0.15) is 5.10 Å². The summed E-state index contributed by atoms with van der Waals surface area (Å²) in [5.74, 6) is 0.288. The third-order valence-corrected chi connectivity index (χ3v) is 5.34. The smallest absolute Gasteiger partial charge is 0.258 e. The first-order chi connectivity index (χ1) is 18.0. The minimum atomic E-state index is -2.37. The lowest BCUT2D eigenvalue weighted by molar-refractivity contribution is 0.102. The molecule has 3 aromatic heterocycles. The predicted molar refractivity (Wildman–Crippen MR) is 124 cm³/mol. The zero-order valence-electron chi connectivity index (χ0n) is 23.1. The lowest BCUT2D eigenvalue weighted by Crippen LogP contribution is -2.44. The number of carbonyl (C=O) groups excluding carboxylic acids is 1. The first-order valence-electron chi connectivity index (χ1n) is 13.1. The van der Waals surface area contributed by atoms with E-state index in [4.69, 9.17) is 8.22 Å². The van der Waals surface area contributed by atoms with E-state index in [1.54, 1.807) is 24.4 Å². The van der Waals surface area contributed by atoms with E-state index in [0.29, 0.717) is 48.6 Å². The molecule has 0 spiro atoms. The van der Waals surface area contributed by atoms with Crippen LogP contribution in [0.1, 0.15) is 18.6 Å². The number of nitrogens with zero attached hydrogens (tertiary/aromatic N) is 7. The van der Waals surface area contributed by atoms with E-state index in [2.05, 4.69) is 25.4 Å². The number of anilines is 2. The Bertz CT molecular complexity index is 1480. The number of aromatic nitrogens is 5. The molecule has 1 aliphatic rings. The van der Waals surface area contributed by atoms with Crippen LogP contribution in [0.15, 0.2) is 55.1 Å². The Hall–Kier alpha value is -3.85. The van der Waals surface area contributed by atoms with E-state index in [-0.39, 0.29) is 5.95 Å². The standard InChI is InChI=1S/C23H24N8O/c1-29-7-9-31(10-8-29)21-12-17(5-6-24-21)22(32)28-23-25-13-18-4-3-16(11-20(18)27-23)19-14-26-30(2)15-19/h3-6,11-15H,7-10H2,1-2H3,(H,25,27,28,32)/i1D3,2D3. The molecule has 0 radical (unpaired) electrons. The molecule has 1 aromatic carbocycles. The average molecular weight is 435 g/mol. The lowest BCUT2D eigenvalue weighted by Gasteiger charge is -2.33. The van der Waals surface area contributed by atoms with E-state index in [0.717, 1.165) is 15.6 Å². The predicted octanol–water partition coefficient (Wildman–Crippen LogP) is 2.43. The van der Waals surface area contributed by atoms with Crippen LogP contribution in [-0.2, 0) is 6.98 Å². The van der Waals surface area contributed by atoms with Crippen molar-refractivity contribution in [2.45, 2.75) is 0 Å². The Morgan fingerprint density at radius 1 is 1.03 bits per heavy atom. The number of pyridine rings is 1. The molecule has 1 saturated heterocycles. The molecule has 5 rings (SSSR count). The minimum Gasteiger partial charge on any atom is -0.354 e. The molecule has 1 amide bonds. The van der Waals surface area contributed by atoms with Crippen LogP contribution < -0.4 is 10.2 Å². The number of aryl methyl sites for hydroxylation is 1. The van der Waals surface area contributed by atoms with Gasteiger partial charge in [0.05, 0.1) is 11.7 Å². The number of fused-ring (bicyclic) bond motifs is 1. The molecule has 0 saturated carbocycles. The van der Waals surface area contributed by atoms with E-state index in [1.807, 2.05) is 17.0 Å². The number of likely N-dealkylation sites (N-methyl/N-ethyl adjacent to an activating group) is 1. The minimum absolute atomic E-state index is 0.113. The monoisotopic (exact) mass is 434 g/mol. The van der Waals surface area contributed by atoms with Crippen LogP contribution in [0.5, 0.6) is 0 Å². The highest BCUT2D eigenvalue weighted by Crippen LogP contribution is 2.23. The molecule has 0 atom stereocenters. The van der Waals surface area contributed by atoms with Crippen LogP contribution in [0, 0.1) is 0 Å². The summed E-state index contributed by atoms with van der Waals surface area (Å²) in [6.45, 7) is -2.78. The second-order valence-corrected chi connectivity index (χ2v) is 7.47. The summed E-state index contributed by atoms with van der Waals surface area (Å²) < 4.78 is 46.1. The first kappa shape index (κ1) is 14.3. The van der Waals surface area contributed by atoms with Crippen molar-refractivity contribution >= 4 is 28.6 Å². The summed E-state index contributed by atoms with van der Waals surface area (Å²) in [5, 5.41) is 7.38. The second-order valence-electron chi connectivity index (χ2n) is 7.47. The number of hydrogen-bond donors (Lipinski definition) is 1. The summed E-state index contributed by atoms with van der Waals surface area (Å²) in [6.07, 6.45) is 6.05. The number of nitrogens with one attached hydrogen (secondary N) is 1. The summed E-state index contributed by atoms with van der Waals surface area (Å²) in [5.41, 5.74) is 2.28. The summed E-state index contributed by atoms with van der Waals surface area (Å²) in [4.78, 5) is 29.4. The number of hydrogen-bond acceptors (Lipinski definition) is 7. The van der Waals surface area contributed by atoms with Gasteiger partial charge in [0, 0.05) is 76.5 Å². The van der Waals surface area contributed by atoms with E-state index >= 15 is 0 Å². The van der Waals surface area contributed by atoms with Crippen molar-refractivity contribution in [3.8, 4) is 11.1 Å². The third kappa shape index (κ3) is 4.15. The SMILES string of the molecule is [2H]C([2H])([2H])N1CCN(c2cc(C(=O)Nc3ncc4ccc(-c5cnn(C([2H])([2H])[2H])c5)cc4n3)ccn2)CC1. The topological polar surface area (TPSA) is 92.1 Å². The molecule has 1 aliphatic heterocycles. The fraction of sp³-hybridized carbons (Fsp3) is 0.261. The second kappa shape index (κ2) is 8.35. The van der Waals surface area contributed by atoms with Crippen LogP contribution in [0.2, 0.25) is 0 Å². The normalized spacial score (nSPS) is 18.2. The Morgan fingerprint density at radius 3 is 2.75 bits per heavy atom. The van der Waals surface area contributed by atoms with Crippen LogP contribution in [0.25, 0.3) is 22.0 Å². The first-order valence-corrected chi connectivity index (χ1v) is 10.1. The number of rotatable bonds is 4. The van der Waals surface area contributed by atoms with Crippen molar-refractivity contribution in [1.29, 1.82) is 0 Å². The molecule has 1 N–H and O–H groups in total. The van der Waals surface area contributed by atoms with Gasteiger partial charge in [0.25, 0.3) is 5.91 Å². The maximum Gasteiger partial charge on any atom is 0.258 e. The summed E-state index contributed by atoms with van der Waals surface area (Å²) >= 11 is 0. The zero-order valence-corrected chi connectivity index (χ0v) is 17.1. The average Bonchev–Trinajstić information content (AvgIpc) is 3.39. The Morgan fingerprint density at radius 2 is 1.94 bits per heavy atom. The highest BCUT2D eigenvalue weighted by molar-refractivity contribution is 6.04. The van der Waals surface area contributed by atoms with E-state index in [1.165, 1.54) is 23.5 Å². The summed E-state index contributed by atoms with van der Waals surface area (Å²) in [7, 11) is 0. The van der Waals surface area contributed by atoms with Crippen molar-refractivity contribution in [2.24, 2.45) is 6.98 Å². The molecule has 162 valence electrons. The molecule has 1 fully saturated rings. The van der Waals surface area contributed by atoms with Crippen LogP contribution in [0.4, 0.5) is 11.8 Å². The van der Waals surface area contributed by atoms with Crippen LogP contribution in [0.3, 0.4) is 0 Å². The Kier molecular flexibility index (Phi) is 3.72.